The van der Waals surface area contributed by atoms with E-state index in [2.05, 4.69) is 10.1 Å². The van der Waals surface area contributed by atoms with Crippen LogP contribution < -0.4 is 5.69 Å². The molecule has 4 aromatic rings. The number of carbonyl (C=O) groups is 1. The van der Waals surface area contributed by atoms with Crippen molar-refractivity contribution < 1.29 is 4.79 Å². The summed E-state index contributed by atoms with van der Waals surface area (Å²) in [6.45, 7) is 3.13. The first-order valence-electron chi connectivity index (χ1n) is 10.6. The molecule has 0 aliphatic carbocycles. The number of piperidine rings is 1. The van der Waals surface area contributed by atoms with Crippen LogP contribution in [0.2, 0.25) is 0 Å². The first-order chi connectivity index (χ1) is 15.5. The van der Waals surface area contributed by atoms with E-state index in [0.29, 0.717) is 18.0 Å². The quantitative estimate of drug-likeness (QED) is 0.481. The Labute approximate surface area is 189 Å². The number of nitrogens with zero attached hydrogens (tertiary/aromatic N) is 6. The van der Waals surface area contributed by atoms with Gasteiger partial charge in [0.15, 0.2) is 5.13 Å². The van der Waals surface area contributed by atoms with Crippen LogP contribution in [0, 0.1) is 6.92 Å². The van der Waals surface area contributed by atoms with Gasteiger partial charge in [-0.05, 0) is 44.0 Å². The van der Waals surface area contributed by atoms with Crippen molar-refractivity contribution in [2.45, 2.75) is 25.7 Å². The molecule has 0 radical (unpaired) electrons. The Morgan fingerprint density at radius 2 is 1.75 bits per heavy atom. The van der Waals surface area contributed by atoms with Gasteiger partial charge in [-0.1, -0.05) is 29.5 Å². The molecule has 0 unspecified atom stereocenters. The molecule has 0 spiro atoms. The van der Waals surface area contributed by atoms with Gasteiger partial charge in [-0.15, -0.1) is 0 Å². The number of amides is 1. The highest BCUT2D eigenvalue weighted by Crippen LogP contribution is 2.30. The van der Waals surface area contributed by atoms with Gasteiger partial charge in [-0.2, -0.15) is 5.10 Å². The van der Waals surface area contributed by atoms with Crippen molar-refractivity contribution in [3.63, 3.8) is 0 Å². The van der Waals surface area contributed by atoms with Crippen molar-refractivity contribution in [1.29, 1.82) is 0 Å². The lowest BCUT2D eigenvalue weighted by Gasteiger charge is -2.31. The molecule has 1 fully saturated rings. The number of hydrogen-bond acceptors (Lipinski definition) is 5. The van der Waals surface area contributed by atoms with E-state index in [9.17, 15) is 9.59 Å². The molecule has 32 heavy (non-hydrogen) atoms. The van der Waals surface area contributed by atoms with Crippen molar-refractivity contribution >= 4 is 17.2 Å². The average molecular weight is 449 g/mol. The van der Waals surface area contributed by atoms with Crippen LogP contribution in [0.3, 0.4) is 0 Å². The molecular weight excluding hydrogens is 424 g/mol. The predicted molar refractivity (Wildman–Crippen MR) is 123 cm³/mol. The van der Waals surface area contributed by atoms with E-state index < -0.39 is 0 Å². The Morgan fingerprint density at radius 3 is 2.44 bits per heavy atom. The third kappa shape index (κ3) is 3.58. The molecule has 0 bridgehead atoms. The second-order valence-electron chi connectivity index (χ2n) is 8.00. The fraction of sp³-hybridized carbons (Fsp3) is 0.304. The number of rotatable bonds is 4. The van der Waals surface area contributed by atoms with Crippen LogP contribution in [-0.4, -0.2) is 47.8 Å². The highest BCUT2D eigenvalue weighted by atomic mass is 32.1. The molecule has 164 valence electrons. The first-order valence-corrected chi connectivity index (χ1v) is 11.5. The Morgan fingerprint density at radius 1 is 1.06 bits per heavy atom. The lowest BCUT2D eigenvalue weighted by Crippen LogP contribution is -2.38. The summed E-state index contributed by atoms with van der Waals surface area (Å²) in [6, 6.07) is 13.5. The fourth-order valence-electron chi connectivity index (χ4n) is 4.21. The van der Waals surface area contributed by atoms with E-state index in [1.54, 1.807) is 11.6 Å². The van der Waals surface area contributed by atoms with Gasteiger partial charge in [0.05, 0.1) is 11.4 Å². The van der Waals surface area contributed by atoms with Gasteiger partial charge >= 0.3 is 5.69 Å². The number of carbonyl (C=O) groups excluding carboxylic acids is 1. The third-order valence-corrected chi connectivity index (χ3v) is 7.08. The van der Waals surface area contributed by atoms with Gasteiger partial charge in [0.25, 0.3) is 5.91 Å². The number of para-hydroxylation sites is 1. The smallest absolute Gasteiger partial charge is 0.338 e. The molecule has 5 rings (SSSR count). The molecule has 1 saturated heterocycles. The first kappa shape index (κ1) is 20.4. The number of hydrogen-bond donors (Lipinski definition) is 0. The van der Waals surface area contributed by atoms with Crippen molar-refractivity contribution in [3.05, 3.63) is 81.7 Å². The second kappa shape index (κ2) is 8.23. The van der Waals surface area contributed by atoms with Crippen LogP contribution in [0.4, 0.5) is 0 Å². The van der Waals surface area contributed by atoms with E-state index in [1.807, 2.05) is 71.2 Å². The molecule has 1 aliphatic rings. The molecule has 4 heterocycles. The monoisotopic (exact) mass is 448 g/mol. The topological polar surface area (TPSA) is 78.0 Å². The van der Waals surface area contributed by atoms with Crippen LogP contribution in [0.1, 0.15) is 39.9 Å². The van der Waals surface area contributed by atoms with E-state index in [1.165, 1.54) is 16.0 Å². The third-order valence-electron chi connectivity index (χ3n) is 5.92. The number of aryl methyl sites for hydroxylation is 2. The standard InChI is InChI=1S/C23H24N6O2S/c1-16-19(32-22(24-16)28-12-6-7-13-28)21(30)27-14-10-17(11-15-27)20-25-26(2)23(31)29(20)18-8-4-3-5-9-18/h3-9,12-13,17H,10-11,14-15H2,1-2H3. The normalized spacial score (nSPS) is 14.8. The lowest BCUT2D eigenvalue weighted by atomic mass is 9.95. The summed E-state index contributed by atoms with van der Waals surface area (Å²) < 4.78 is 5.01. The minimum Gasteiger partial charge on any atom is -0.338 e. The molecule has 9 heteroatoms. The van der Waals surface area contributed by atoms with Gasteiger partial charge < -0.3 is 9.47 Å². The summed E-state index contributed by atoms with van der Waals surface area (Å²) in [4.78, 5) is 33.1. The highest BCUT2D eigenvalue weighted by Gasteiger charge is 2.30. The zero-order chi connectivity index (χ0) is 22.2. The number of thiazole rings is 1. The predicted octanol–water partition coefficient (Wildman–Crippen LogP) is 3.15. The lowest BCUT2D eigenvalue weighted by molar-refractivity contribution is 0.0714. The minimum absolute atomic E-state index is 0.0262. The summed E-state index contributed by atoms with van der Waals surface area (Å²) in [5.41, 5.74) is 1.42. The molecule has 0 atom stereocenters. The van der Waals surface area contributed by atoms with Gasteiger partial charge in [0, 0.05) is 38.4 Å². The average Bonchev–Trinajstić information content (AvgIpc) is 3.54. The van der Waals surface area contributed by atoms with Crippen molar-refractivity contribution in [2.24, 2.45) is 7.05 Å². The Hall–Kier alpha value is -3.46. The van der Waals surface area contributed by atoms with Crippen LogP contribution in [0.25, 0.3) is 10.8 Å². The maximum atomic E-state index is 13.2. The van der Waals surface area contributed by atoms with E-state index in [0.717, 1.165) is 35.2 Å². The summed E-state index contributed by atoms with van der Waals surface area (Å²) in [6.07, 6.45) is 5.38. The zero-order valence-corrected chi connectivity index (χ0v) is 18.8. The van der Waals surface area contributed by atoms with Gasteiger partial charge in [0.2, 0.25) is 0 Å². The summed E-state index contributed by atoms with van der Waals surface area (Å²) >= 11 is 1.42. The molecule has 0 saturated carbocycles. The molecule has 0 N–H and O–H groups in total. The number of benzene rings is 1. The number of aromatic nitrogens is 5. The molecule has 1 aliphatic heterocycles. The summed E-state index contributed by atoms with van der Waals surface area (Å²) in [5, 5.41) is 5.33. The Balaban J connectivity index is 1.34. The highest BCUT2D eigenvalue weighted by molar-refractivity contribution is 7.16. The van der Waals surface area contributed by atoms with Crippen molar-refractivity contribution in [1.82, 2.24) is 28.8 Å². The van der Waals surface area contributed by atoms with Gasteiger partial charge in [-0.3, -0.25) is 4.79 Å². The van der Waals surface area contributed by atoms with E-state index in [4.69, 9.17) is 0 Å². The van der Waals surface area contributed by atoms with E-state index >= 15 is 0 Å². The summed E-state index contributed by atoms with van der Waals surface area (Å²) in [5.74, 6) is 0.907. The van der Waals surface area contributed by atoms with Gasteiger partial charge in [0.1, 0.15) is 10.7 Å². The van der Waals surface area contributed by atoms with Crippen molar-refractivity contribution in [3.8, 4) is 10.8 Å². The number of likely N-dealkylation sites (tertiary alicyclic amines) is 1. The molecule has 1 amide bonds. The summed E-state index contributed by atoms with van der Waals surface area (Å²) in [7, 11) is 1.68. The zero-order valence-electron chi connectivity index (χ0n) is 18.0. The van der Waals surface area contributed by atoms with Crippen LogP contribution >= 0.6 is 11.3 Å². The van der Waals surface area contributed by atoms with Crippen LogP contribution in [-0.2, 0) is 7.05 Å². The molecular formula is C23H24N6O2S. The Kier molecular flexibility index (Phi) is 5.26. The van der Waals surface area contributed by atoms with Crippen LogP contribution in [0.15, 0.2) is 59.7 Å². The molecule has 8 nitrogen and oxygen atoms in total. The van der Waals surface area contributed by atoms with Crippen molar-refractivity contribution in [2.75, 3.05) is 13.1 Å². The Bertz CT molecular complexity index is 1290. The maximum Gasteiger partial charge on any atom is 0.350 e. The molecule has 1 aromatic carbocycles. The van der Waals surface area contributed by atoms with Crippen LogP contribution in [0.5, 0.6) is 0 Å². The van der Waals surface area contributed by atoms with E-state index in [-0.39, 0.29) is 17.5 Å². The minimum atomic E-state index is -0.150. The SMILES string of the molecule is Cc1nc(-n2cccc2)sc1C(=O)N1CCC(c2nn(C)c(=O)n2-c2ccccc2)CC1. The maximum absolute atomic E-state index is 13.2. The molecule has 3 aromatic heterocycles. The van der Waals surface area contributed by atoms with Gasteiger partial charge in [-0.25, -0.2) is 19.0 Å². The fourth-order valence-corrected chi connectivity index (χ4v) is 5.21. The largest absolute Gasteiger partial charge is 0.350 e. The second-order valence-corrected chi connectivity index (χ2v) is 8.98.